The lowest BCUT2D eigenvalue weighted by Crippen LogP contribution is -1.97. The van der Waals surface area contributed by atoms with Gasteiger partial charge >= 0.3 is 5.69 Å². The third kappa shape index (κ3) is 3.92. The molecule has 0 saturated heterocycles. The zero-order chi connectivity index (χ0) is 16.7. The molecule has 2 aromatic rings. The number of rotatable bonds is 7. The van der Waals surface area contributed by atoms with Gasteiger partial charge in [-0.05, 0) is 44.5 Å². The van der Waals surface area contributed by atoms with Crippen LogP contribution in [0.15, 0.2) is 36.4 Å². The molecule has 0 amide bonds. The van der Waals surface area contributed by atoms with E-state index >= 15 is 0 Å². The second-order valence-corrected chi connectivity index (χ2v) is 4.74. The largest absolute Gasteiger partial charge is 0.494 e. The molecule has 0 aliphatic rings. The number of nitrogens with zero attached hydrogens (tertiary/aromatic N) is 2. The molecule has 23 heavy (non-hydrogen) atoms. The third-order valence-electron chi connectivity index (χ3n) is 3.23. The van der Waals surface area contributed by atoms with Crippen LogP contribution in [0.4, 0.5) is 5.69 Å². The number of hydrogen-bond acceptors (Lipinski definition) is 4. The molecule has 5 nitrogen and oxygen atoms in total. The molecule has 0 radical (unpaired) electrons. The fourth-order valence-corrected chi connectivity index (χ4v) is 2.32. The van der Waals surface area contributed by atoms with Crippen molar-refractivity contribution in [1.82, 2.24) is 0 Å². The van der Waals surface area contributed by atoms with Gasteiger partial charge in [0.2, 0.25) is 11.1 Å². The third-order valence-corrected chi connectivity index (χ3v) is 3.23. The van der Waals surface area contributed by atoms with Crippen LogP contribution in [0.25, 0.3) is 16.1 Å². The Morgan fingerprint density at radius 3 is 2.00 bits per heavy atom. The summed E-state index contributed by atoms with van der Waals surface area (Å²) in [6, 6.07) is 11.2. The molecule has 5 heteroatoms. The lowest BCUT2D eigenvalue weighted by atomic mass is 10.0. The minimum atomic E-state index is 0.349. The SMILES string of the molecule is CCOc1ccc(-c2cc(OCC)cc([N+]#N)c2OCC)cc1. The van der Waals surface area contributed by atoms with Gasteiger partial charge in [-0.1, -0.05) is 12.1 Å². The van der Waals surface area contributed by atoms with E-state index in [1.807, 2.05) is 51.1 Å². The summed E-state index contributed by atoms with van der Waals surface area (Å²) in [6.07, 6.45) is 0. The van der Waals surface area contributed by atoms with E-state index in [1.165, 1.54) is 0 Å². The number of hydrogen-bond donors (Lipinski definition) is 0. The fraction of sp³-hybridized carbons (Fsp3) is 0.333. The molecule has 0 aliphatic carbocycles. The van der Waals surface area contributed by atoms with Gasteiger partial charge < -0.3 is 14.2 Å². The summed E-state index contributed by atoms with van der Waals surface area (Å²) in [5.41, 5.74) is 2.10. The molecule has 0 aromatic heterocycles. The van der Waals surface area contributed by atoms with Crippen molar-refractivity contribution >= 4 is 5.69 Å². The Bertz CT molecular complexity index is 691. The Kier molecular flexibility index (Phi) is 5.81. The van der Waals surface area contributed by atoms with Gasteiger partial charge in [0.15, 0.2) is 4.98 Å². The zero-order valence-electron chi connectivity index (χ0n) is 13.7. The van der Waals surface area contributed by atoms with Crippen LogP contribution in [0.5, 0.6) is 17.2 Å². The first kappa shape index (κ1) is 16.6. The second-order valence-electron chi connectivity index (χ2n) is 4.74. The first-order valence-electron chi connectivity index (χ1n) is 7.75. The summed E-state index contributed by atoms with van der Waals surface area (Å²) >= 11 is 0. The molecule has 0 spiro atoms. The van der Waals surface area contributed by atoms with Gasteiger partial charge in [0, 0.05) is 5.56 Å². The quantitative estimate of drug-likeness (QED) is 0.672. The van der Waals surface area contributed by atoms with Crippen molar-refractivity contribution < 1.29 is 14.2 Å². The van der Waals surface area contributed by atoms with E-state index in [9.17, 15) is 5.39 Å². The van der Waals surface area contributed by atoms with Crippen molar-refractivity contribution in [2.24, 2.45) is 0 Å². The van der Waals surface area contributed by atoms with Gasteiger partial charge in [-0.2, -0.15) is 0 Å². The van der Waals surface area contributed by atoms with Gasteiger partial charge in [-0.25, -0.2) is 0 Å². The van der Waals surface area contributed by atoms with Crippen LogP contribution in [0.2, 0.25) is 0 Å². The lowest BCUT2D eigenvalue weighted by molar-refractivity contribution is 0.333. The highest BCUT2D eigenvalue weighted by molar-refractivity contribution is 5.80. The molecule has 0 saturated carbocycles. The standard InChI is InChI=1S/C18H21N2O3/c1-4-21-14-9-7-13(8-10-14)16-11-15(22-5-2)12-17(20-19)18(16)23-6-3/h7-12H,4-6H2,1-3H3/q+1. The van der Waals surface area contributed by atoms with Crippen LogP contribution >= 0.6 is 0 Å². The molecule has 0 heterocycles. The van der Waals surface area contributed by atoms with E-state index in [2.05, 4.69) is 4.98 Å². The van der Waals surface area contributed by atoms with Crippen molar-refractivity contribution in [1.29, 1.82) is 5.39 Å². The maximum absolute atomic E-state index is 9.29. The van der Waals surface area contributed by atoms with E-state index < -0.39 is 0 Å². The van der Waals surface area contributed by atoms with E-state index in [0.717, 1.165) is 16.9 Å². The monoisotopic (exact) mass is 313 g/mol. The van der Waals surface area contributed by atoms with Gasteiger partial charge in [0.1, 0.15) is 11.5 Å². The topological polar surface area (TPSA) is 55.8 Å². The number of benzene rings is 2. The molecule has 0 bridgehead atoms. The highest BCUT2D eigenvalue weighted by Gasteiger charge is 2.23. The van der Waals surface area contributed by atoms with Crippen LogP contribution in [0, 0.1) is 5.39 Å². The zero-order valence-corrected chi connectivity index (χ0v) is 13.7. The summed E-state index contributed by atoms with van der Waals surface area (Å²) in [6.45, 7) is 7.36. The molecule has 0 fully saturated rings. The molecule has 2 aromatic carbocycles. The average molecular weight is 313 g/mol. The van der Waals surface area contributed by atoms with E-state index in [4.69, 9.17) is 14.2 Å². The summed E-state index contributed by atoms with van der Waals surface area (Å²) < 4.78 is 16.7. The van der Waals surface area contributed by atoms with Gasteiger partial charge in [-0.15, -0.1) is 0 Å². The summed E-state index contributed by atoms with van der Waals surface area (Å²) in [5, 5.41) is 9.29. The molecular weight excluding hydrogens is 292 g/mol. The molecule has 0 atom stereocenters. The normalized spacial score (nSPS) is 10.0. The van der Waals surface area contributed by atoms with Crippen LogP contribution in [0.3, 0.4) is 0 Å². The molecule has 0 aliphatic heterocycles. The van der Waals surface area contributed by atoms with Crippen LogP contribution in [-0.2, 0) is 0 Å². The van der Waals surface area contributed by atoms with Crippen molar-refractivity contribution in [2.45, 2.75) is 20.8 Å². The first-order valence-corrected chi connectivity index (χ1v) is 7.75. The second kappa shape index (κ2) is 8.04. The van der Waals surface area contributed by atoms with Crippen molar-refractivity contribution in [3.05, 3.63) is 41.4 Å². The van der Waals surface area contributed by atoms with E-state index in [-0.39, 0.29) is 0 Å². The minimum Gasteiger partial charge on any atom is -0.494 e. The smallest absolute Gasteiger partial charge is 0.430 e. The van der Waals surface area contributed by atoms with E-state index in [0.29, 0.717) is 37.0 Å². The molecule has 0 unspecified atom stereocenters. The first-order chi connectivity index (χ1) is 11.2. The Labute approximate surface area is 136 Å². The van der Waals surface area contributed by atoms with Gasteiger partial charge in [-0.3, -0.25) is 0 Å². The number of ether oxygens (including phenoxy) is 3. The lowest BCUT2D eigenvalue weighted by Gasteiger charge is -2.11. The Morgan fingerprint density at radius 2 is 1.43 bits per heavy atom. The highest BCUT2D eigenvalue weighted by atomic mass is 16.5. The maximum atomic E-state index is 9.29. The fourth-order valence-electron chi connectivity index (χ4n) is 2.32. The van der Waals surface area contributed by atoms with Crippen LogP contribution in [-0.4, -0.2) is 19.8 Å². The molecular formula is C18H21N2O3+. The average Bonchev–Trinajstić information content (AvgIpc) is 2.57. The Balaban J connectivity index is 2.53. The maximum Gasteiger partial charge on any atom is 0.430 e. The predicted octanol–water partition coefficient (Wildman–Crippen LogP) is 5.03. The van der Waals surface area contributed by atoms with Crippen molar-refractivity contribution in [3.8, 4) is 28.4 Å². The molecule has 0 N–H and O–H groups in total. The number of diazo groups is 1. The van der Waals surface area contributed by atoms with E-state index in [1.54, 1.807) is 6.07 Å². The summed E-state index contributed by atoms with van der Waals surface area (Å²) in [5.74, 6) is 1.97. The summed E-state index contributed by atoms with van der Waals surface area (Å²) in [7, 11) is 0. The van der Waals surface area contributed by atoms with Crippen LogP contribution in [0.1, 0.15) is 20.8 Å². The summed E-state index contributed by atoms with van der Waals surface area (Å²) in [4.78, 5) is 3.34. The Morgan fingerprint density at radius 1 is 0.826 bits per heavy atom. The predicted molar refractivity (Wildman–Crippen MR) is 90.1 cm³/mol. The molecule has 120 valence electrons. The van der Waals surface area contributed by atoms with Gasteiger partial charge in [0.05, 0.1) is 25.9 Å². The van der Waals surface area contributed by atoms with Crippen molar-refractivity contribution in [2.75, 3.05) is 19.8 Å². The Hall–Kier alpha value is -2.74. The molecule has 2 rings (SSSR count). The minimum absolute atomic E-state index is 0.349. The van der Waals surface area contributed by atoms with Crippen LogP contribution < -0.4 is 14.2 Å². The van der Waals surface area contributed by atoms with Gasteiger partial charge in [0.25, 0.3) is 0 Å². The highest BCUT2D eigenvalue weighted by Crippen LogP contribution is 2.42. The van der Waals surface area contributed by atoms with Crippen molar-refractivity contribution in [3.63, 3.8) is 0 Å².